The van der Waals surface area contributed by atoms with Crippen molar-refractivity contribution in [1.29, 1.82) is 0 Å². The maximum Gasteiger partial charge on any atom is 0.0935 e. The molecule has 104 valence electrons. The number of hydrazone groups is 1. The lowest BCUT2D eigenvalue weighted by Crippen LogP contribution is -1.92. The zero-order valence-corrected chi connectivity index (χ0v) is 13.6. The van der Waals surface area contributed by atoms with E-state index < -0.39 is 0 Å². The van der Waals surface area contributed by atoms with Gasteiger partial charge in [0.15, 0.2) is 0 Å². The number of hydrogen-bond acceptors (Lipinski definition) is 3. The van der Waals surface area contributed by atoms with Crippen LogP contribution in [0.2, 0.25) is 15.1 Å². The van der Waals surface area contributed by atoms with E-state index in [9.17, 15) is 0 Å². The van der Waals surface area contributed by atoms with E-state index in [1.165, 1.54) is 4.90 Å². The molecule has 0 fully saturated rings. The Labute approximate surface area is 137 Å². The number of rotatable bonds is 4. The molecular formula is C14H11Cl3N2S. The third-order valence-electron chi connectivity index (χ3n) is 2.51. The van der Waals surface area contributed by atoms with Crippen molar-refractivity contribution in [1.82, 2.24) is 0 Å². The summed E-state index contributed by atoms with van der Waals surface area (Å²) in [5, 5.41) is 5.47. The molecule has 2 rings (SSSR count). The lowest BCUT2D eigenvalue weighted by molar-refractivity contribution is 1.34. The summed E-state index contributed by atoms with van der Waals surface area (Å²) in [7, 11) is 0. The number of nitrogens with zero attached hydrogens (tertiary/aromatic N) is 1. The van der Waals surface area contributed by atoms with Crippen LogP contribution < -0.4 is 5.43 Å². The van der Waals surface area contributed by atoms with Gasteiger partial charge in [0.25, 0.3) is 0 Å². The van der Waals surface area contributed by atoms with Gasteiger partial charge in [-0.1, -0.05) is 46.9 Å². The second kappa shape index (κ2) is 7.23. The van der Waals surface area contributed by atoms with Crippen LogP contribution in [0.15, 0.2) is 46.4 Å². The summed E-state index contributed by atoms with van der Waals surface area (Å²) in [6, 6.07) is 11.3. The second-order valence-electron chi connectivity index (χ2n) is 3.89. The molecule has 0 aliphatic rings. The lowest BCUT2D eigenvalue weighted by atomic mass is 10.2. The average molecular weight is 346 g/mol. The van der Waals surface area contributed by atoms with Crippen molar-refractivity contribution in [2.45, 2.75) is 4.90 Å². The van der Waals surface area contributed by atoms with Crippen molar-refractivity contribution >= 4 is 58.5 Å². The van der Waals surface area contributed by atoms with Crippen LogP contribution in [0.4, 0.5) is 5.69 Å². The zero-order chi connectivity index (χ0) is 14.5. The predicted molar refractivity (Wildman–Crippen MR) is 90.9 cm³/mol. The molecule has 0 aromatic heterocycles. The van der Waals surface area contributed by atoms with Gasteiger partial charge in [0.2, 0.25) is 0 Å². The lowest BCUT2D eigenvalue weighted by Gasteiger charge is -2.06. The van der Waals surface area contributed by atoms with E-state index in [-0.39, 0.29) is 0 Å². The predicted octanol–water partition coefficient (Wildman–Crippen LogP) is 5.81. The Hall–Kier alpha value is -0.870. The van der Waals surface area contributed by atoms with Gasteiger partial charge in [0.05, 0.1) is 21.9 Å². The van der Waals surface area contributed by atoms with Crippen LogP contribution in [0.25, 0.3) is 0 Å². The molecule has 0 saturated carbocycles. The van der Waals surface area contributed by atoms with Crippen LogP contribution in [0, 0.1) is 0 Å². The summed E-state index contributed by atoms with van der Waals surface area (Å²) in [6.45, 7) is 0. The largest absolute Gasteiger partial charge is 0.275 e. The number of halogens is 3. The summed E-state index contributed by atoms with van der Waals surface area (Å²) in [5.74, 6) is 0. The van der Waals surface area contributed by atoms with Crippen LogP contribution in [0.3, 0.4) is 0 Å². The first-order chi connectivity index (χ1) is 9.60. The topological polar surface area (TPSA) is 24.4 Å². The van der Waals surface area contributed by atoms with E-state index in [1.807, 2.05) is 30.5 Å². The third kappa shape index (κ3) is 4.06. The Bertz CT molecular complexity index is 604. The minimum absolute atomic E-state index is 0.428. The molecule has 6 heteroatoms. The molecule has 0 radical (unpaired) electrons. The van der Waals surface area contributed by atoms with Crippen LogP contribution in [0.1, 0.15) is 5.56 Å². The molecule has 2 nitrogen and oxygen atoms in total. The Balaban J connectivity index is 2.09. The first-order valence-electron chi connectivity index (χ1n) is 5.68. The molecule has 0 aliphatic heterocycles. The standard InChI is InChI=1S/C14H11Cl3N2S/c1-20-11-4-2-9(3-5-11)8-18-19-14-12(16)6-10(15)7-13(14)17/h2-8,19H,1H3/b18-8-. The smallest absolute Gasteiger partial charge is 0.0935 e. The van der Waals surface area contributed by atoms with Gasteiger partial charge in [-0.2, -0.15) is 5.10 Å². The SMILES string of the molecule is CSc1ccc(/C=N\Nc2c(Cl)cc(Cl)cc2Cl)cc1. The molecule has 1 N–H and O–H groups in total. The van der Waals surface area contributed by atoms with E-state index in [1.54, 1.807) is 30.1 Å². The molecule has 0 unspecified atom stereocenters. The summed E-state index contributed by atoms with van der Waals surface area (Å²) < 4.78 is 0. The first-order valence-corrected chi connectivity index (χ1v) is 8.03. The van der Waals surface area contributed by atoms with E-state index in [0.717, 1.165) is 5.56 Å². The fourth-order valence-electron chi connectivity index (χ4n) is 1.51. The van der Waals surface area contributed by atoms with Crippen LogP contribution in [0.5, 0.6) is 0 Å². The molecule has 0 spiro atoms. The maximum absolute atomic E-state index is 6.05. The Morgan fingerprint density at radius 1 is 1.05 bits per heavy atom. The van der Waals surface area contributed by atoms with E-state index in [2.05, 4.69) is 10.5 Å². The van der Waals surface area contributed by atoms with Crippen molar-refractivity contribution in [3.63, 3.8) is 0 Å². The monoisotopic (exact) mass is 344 g/mol. The van der Waals surface area contributed by atoms with Crippen molar-refractivity contribution in [3.8, 4) is 0 Å². The minimum Gasteiger partial charge on any atom is -0.275 e. The molecule has 0 bridgehead atoms. The second-order valence-corrected chi connectivity index (χ2v) is 6.02. The average Bonchev–Trinajstić information content (AvgIpc) is 2.42. The number of hydrogen-bond donors (Lipinski definition) is 1. The van der Waals surface area contributed by atoms with Crippen molar-refractivity contribution in [2.75, 3.05) is 11.7 Å². The Morgan fingerprint density at radius 2 is 1.65 bits per heavy atom. The summed E-state index contributed by atoms with van der Waals surface area (Å²) in [6.07, 6.45) is 3.74. The highest BCUT2D eigenvalue weighted by Crippen LogP contribution is 2.33. The molecule has 0 amide bonds. The molecule has 2 aromatic carbocycles. The van der Waals surface area contributed by atoms with Gasteiger partial charge in [-0.3, -0.25) is 5.43 Å². The quantitative estimate of drug-likeness (QED) is 0.429. The van der Waals surface area contributed by atoms with Gasteiger partial charge in [-0.05, 0) is 36.1 Å². The third-order valence-corrected chi connectivity index (χ3v) is 4.07. The highest BCUT2D eigenvalue weighted by Gasteiger charge is 2.06. The van der Waals surface area contributed by atoms with E-state index >= 15 is 0 Å². The number of nitrogens with one attached hydrogen (secondary N) is 1. The summed E-state index contributed by atoms with van der Waals surface area (Å²) >= 11 is 19.6. The van der Waals surface area contributed by atoms with Crippen molar-refractivity contribution in [3.05, 3.63) is 57.0 Å². The number of thioether (sulfide) groups is 1. The van der Waals surface area contributed by atoms with Crippen LogP contribution >= 0.6 is 46.6 Å². The molecule has 2 aromatic rings. The van der Waals surface area contributed by atoms with Gasteiger partial charge in [-0.25, -0.2) is 0 Å². The minimum atomic E-state index is 0.428. The highest BCUT2D eigenvalue weighted by atomic mass is 35.5. The molecule has 0 atom stereocenters. The zero-order valence-electron chi connectivity index (χ0n) is 10.5. The molecular weight excluding hydrogens is 335 g/mol. The fourth-order valence-corrected chi connectivity index (χ4v) is 2.82. The van der Waals surface area contributed by atoms with Gasteiger partial charge in [0, 0.05) is 9.92 Å². The summed E-state index contributed by atoms with van der Waals surface area (Å²) in [4.78, 5) is 1.21. The highest BCUT2D eigenvalue weighted by molar-refractivity contribution is 7.98. The van der Waals surface area contributed by atoms with Gasteiger partial charge >= 0.3 is 0 Å². The van der Waals surface area contributed by atoms with Crippen molar-refractivity contribution < 1.29 is 0 Å². The number of benzene rings is 2. The normalized spacial score (nSPS) is 11.0. The molecule has 20 heavy (non-hydrogen) atoms. The Kier molecular flexibility index (Phi) is 5.61. The van der Waals surface area contributed by atoms with E-state index in [0.29, 0.717) is 20.8 Å². The molecule has 0 saturated heterocycles. The summed E-state index contributed by atoms with van der Waals surface area (Å²) in [5.41, 5.74) is 4.35. The van der Waals surface area contributed by atoms with E-state index in [4.69, 9.17) is 34.8 Å². The number of anilines is 1. The van der Waals surface area contributed by atoms with Crippen LogP contribution in [-0.4, -0.2) is 12.5 Å². The molecule has 0 heterocycles. The first kappa shape index (κ1) is 15.5. The van der Waals surface area contributed by atoms with Crippen LogP contribution in [-0.2, 0) is 0 Å². The van der Waals surface area contributed by atoms with Crippen molar-refractivity contribution in [2.24, 2.45) is 5.10 Å². The van der Waals surface area contributed by atoms with Gasteiger partial charge in [0.1, 0.15) is 0 Å². The van der Waals surface area contributed by atoms with Gasteiger partial charge in [-0.15, -0.1) is 11.8 Å². The maximum atomic E-state index is 6.05. The fraction of sp³-hybridized carbons (Fsp3) is 0.0714. The Morgan fingerprint density at radius 3 is 2.20 bits per heavy atom. The van der Waals surface area contributed by atoms with Gasteiger partial charge < -0.3 is 0 Å². The molecule has 0 aliphatic carbocycles.